The van der Waals surface area contributed by atoms with Crippen LogP contribution in [0.1, 0.15) is 5.82 Å². The topological polar surface area (TPSA) is 50.8 Å². The molecule has 3 rings (SSSR count). The molecule has 0 saturated carbocycles. The summed E-state index contributed by atoms with van der Waals surface area (Å²) in [5.74, 6) is -1.92. The van der Waals surface area contributed by atoms with E-state index < -0.39 is 24.1 Å². The number of aromatic amines is 1. The van der Waals surface area contributed by atoms with Crippen molar-refractivity contribution in [1.29, 1.82) is 0 Å². The van der Waals surface area contributed by atoms with Crippen LogP contribution in [0.4, 0.5) is 26.3 Å². The lowest BCUT2D eigenvalue weighted by molar-refractivity contribution is -0.274. The minimum atomic E-state index is -4.88. The largest absolute Gasteiger partial charge is 0.573 e. The van der Waals surface area contributed by atoms with Crippen LogP contribution in [0.15, 0.2) is 48.5 Å². The van der Waals surface area contributed by atoms with Crippen LogP contribution in [0.3, 0.4) is 0 Å². The number of hydrogen-bond donors (Lipinski definition) is 1. The van der Waals surface area contributed by atoms with Crippen molar-refractivity contribution in [3.05, 3.63) is 54.4 Å². The second-order valence-corrected chi connectivity index (χ2v) is 5.13. The third-order valence-electron chi connectivity index (χ3n) is 3.30. The Balaban J connectivity index is 2.00. The Morgan fingerprint density at radius 3 is 2.19 bits per heavy atom. The summed E-state index contributed by atoms with van der Waals surface area (Å²) in [7, 11) is 0. The van der Waals surface area contributed by atoms with E-state index in [2.05, 4.69) is 14.8 Å². The van der Waals surface area contributed by atoms with Crippen LogP contribution in [0.25, 0.3) is 22.5 Å². The van der Waals surface area contributed by atoms with Crippen molar-refractivity contribution in [2.45, 2.75) is 12.5 Å². The second-order valence-electron chi connectivity index (χ2n) is 5.13. The van der Waals surface area contributed by atoms with E-state index in [1.165, 1.54) is 42.5 Å². The summed E-state index contributed by atoms with van der Waals surface area (Å²) in [6, 6.07) is 11.2. The predicted molar refractivity (Wildman–Crippen MR) is 78.9 cm³/mol. The molecule has 26 heavy (non-hydrogen) atoms. The lowest BCUT2D eigenvalue weighted by atomic mass is 10.0. The Kier molecular flexibility index (Phi) is 4.34. The van der Waals surface area contributed by atoms with Gasteiger partial charge < -0.3 is 4.74 Å². The Bertz CT molecular complexity index is 917. The Labute approximate surface area is 142 Å². The number of nitrogens with one attached hydrogen (secondary N) is 1. The first kappa shape index (κ1) is 17.8. The molecular formula is C16H9F6N3O. The van der Waals surface area contributed by atoms with Gasteiger partial charge in [0.2, 0.25) is 5.82 Å². The first-order valence-corrected chi connectivity index (χ1v) is 7.09. The molecule has 0 fully saturated rings. The van der Waals surface area contributed by atoms with E-state index in [1.807, 2.05) is 0 Å². The third kappa shape index (κ3) is 3.95. The van der Waals surface area contributed by atoms with E-state index in [0.29, 0.717) is 5.56 Å². The fourth-order valence-corrected chi connectivity index (χ4v) is 2.26. The summed E-state index contributed by atoms with van der Waals surface area (Å²) in [6.45, 7) is 0. The summed E-state index contributed by atoms with van der Waals surface area (Å²) in [6.07, 6.45) is -9.56. The summed E-state index contributed by atoms with van der Waals surface area (Å²) >= 11 is 0. The highest BCUT2D eigenvalue weighted by Gasteiger charge is 2.35. The lowest BCUT2D eigenvalue weighted by Gasteiger charge is -2.13. The Hall–Kier alpha value is -3.04. The van der Waals surface area contributed by atoms with Crippen molar-refractivity contribution >= 4 is 0 Å². The van der Waals surface area contributed by atoms with Gasteiger partial charge in [-0.05, 0) is 17.7 Å². The molecule has 0 spiro atoms. The molecule has 0 amide bonds. The van der Waals surface area contributed by atoms with E-state index >= 15 is 0 Å². The van der Waals surface area contributed by atoms with Crippen molar-refractivity contribution in [3.8, 4) is 28.3 Å². The van der Waals surface area contributed by atoms with Crippen LogP contribution in [0.2, 0.25) is 0 Å². The van der Waals surface area contributed by atoms with E-state index in [1.54, 1.807) is 5.10 Å². The maximum Gasteiger partial charge on any atom is 0.573 e. The fraction of sp³-hybridized carbons (Fsp3) is 0.125. The summed E-state index contributed by atoms with van der Waals surface area (Å²) < 4.78 is 79.5. The molecule has 4 nitrogen and oxygen atoms in total. The molecule has 0 aliphatic rings. The molecule has 3 aromatic rings. The molecule has 2 aromatic carbocycles. The number of nitrogens with zero attached hydrogens (tertiary/aromatic N) is 2. The quantitative estimate of drug-likeness (QED) is 0.653. The van der Waals surface area contributed by atoms with Crippen LogP contribution < -0.4 is 4.74 Å². The molecule has 0 saturated heterocycles. The number of aromatic nitrogens is 3. The molecule has 136 valence electrons. The number of ether oxygens (including phenoxy) is 1. The molecule has 0 aliphatic heterocycles. The number of benzene rings is 2. The van der Waals surface area contributed by atoms with Gasteiger partial charge in [-0.1, -0.05) is 36.4 Å². The fourth-order valence-electron chi connectivity index (χ4n) is 2.26. The third-order valence-corrected chi connectivity index (χ3v) is 3.30. The first-order chi connectivity index (χ1) is 12.1. The van der Waals surface area contributed by atoms with Gasteiger partial charge in [0.15, 0.2) is 5.82 Å². The van der Waals surface area contributed by atoms with Gasteiger partial charge in [0, 0.05) is 11.1 Å². The van der Waals surface area contributed by atoms with Gasteiger partial charge in [-0.15, -0.1) is 13.2 Å². The van der Waals surface area contributed by atoms with E-state index in [-0.39, 0.29) is 17.0 Å². The summed E-state index contributed by atoms with van der Waals surface area (Å²) in [5.41, 5.74) is 0.634. The van der Waals surface area contributed by atoms with E-state index in [4.69, 9.17) is 0 Å². The molecule has 1 heterocycles. The molecule has 10 heteroatoms. The zero-order valence-corrected chi connectivity index (χ0v) is 12.7. The minimum absolute atomic E-state index is 0.123. The van der Waals surface area contributed by atoms with Crippen molar-refractivity contribution < 1.29 is 31.1 Å². The number of para-hydroxylation sites is 1. The zero-order chi connectivity index (χ0) is 18.9. The van der Waals surface area contributed by atoms with Gasteiger partial charge in [0.25, 0.3) is 0 Å². The maximum absolute atomic E-state index is 12.6. The van der Waals surface area contributed by atoms with Crippen LogP contribution in [-0.2, 0) is 6.18 Å². The minimum Gasteiger partial charge on any atom is -0.405 e. The van der Waals surface area contributed by atoms with Crippen molar-refractivity contribution in [3.63, 3.8) is 0 Å². The van der Waals surface area contributed by atoms with Gasteiger partial charge in [0.1, 0.15) is 5.75 Å². The molecule has 0 unspecified atom stereocenters. The van der Waals surface area contributed by atoms with Crippen LogP contribution in [0, 0.1) is 0 Å². The maximum atomic E-state index is 12.6. The highest BCUT2D eigenvalue weighted by Crippen LogP contribution is 2.35. The van der Waals surface area contributed by atoms with Crippen LogP contribution >= 0.6 is 0 Å². The van der Waals surface area contributed by atoms with E-state index in [9.17, 15) is 26.3 Å². The van der Waals surface area contributed by atoms with Crippen molar-refractivity contribution in [2.75, 3.05) is 0 Å². The number of H-pyrrole nitrogens is 1. The smallest absolute Gasteiger partial charge is 0.405 e. The zero-order valence-electron chi connectivity index (χ0n) is 12.7. The predicted octanol–water partition coefficient (Wildman–Crippen LogP) is 5.06. The Morgan fingerprint density at radius 2 is 1.54 bits per heavy atom. The van der Waals surface area contributed by atoms with Gasteiger partial charge in [-0.3, -0.25) is 5.10 Å². The molecule has 0 bridgehead atoms. The van der Waals surface area contributed by atoms with Crippen molar-refractivity contribution in [2.24, 2.45) is 0 Å². The average molecular weight is 373 g/mol. The van der Waals surface area contributed by atoms with Crippen LogP contribution in [0.5, 0.6) is 5.75 Å². The van der Waals surface area contributed by atoms with Gasteiger partial charge >= 0.3 is 12.5 Å². The Morgan fingerprint density at radius 1 is 0.846 bits per heavy atom. The van der Waals surface area contributed by atoms with Crippen LogP contribution in [-0.4, -0.2) is 21.5 Å². The van der Waals surface area contributed by atoms with Gasteiger partial charge in [0.05, 0.1) is 0 Å². The lowest BCUT2D eigenvalue weighted by Crippen LogP contribution is -2.17. The van der Waals surface area contributed by atoms with Gasteiger partial charge in [-0.2, -0.15) is 18.3 Å². The second kappa shape index (κ2) is 6.36. The number of halogens is 6. The monoisotopic (exact) mass is 373 g/mol. The number of alkyl halides is 6. The molecule has 0 aliphatic carbocycles. The van der Waals surface area contributed by atoms with Crippen molar-refractivity contribution in [1.82, 2.24) is 15.2 Å². The molecule has 0 atom stereocenters. The normalized spacial score (nSPS) is 12.2. The molecule has 1 aromatic heterocycles. The van der Waals surface area contributed by atoms with E-state index in [0.717, 1.165) is 6.07 Å². The highest BCUT2D eigenvalue weighted by molar-refractivity contribution is 5.74. The molecular weight excluding hydrogens is 364 g/mol. The average Bonchev–Trinajstić information content (AvgIpc) is 3.04. The number of hydrogen-bond acceptors (Lipinski definition) is 3. The summed E-state index contributed by atoms with van der Waals surface area (Å²) in [5, 5.41) is 5.29. The molecule has 1 N–H and O–H groups in total. The summed E-state index contributed by atoms with van der Waals surface area (Å²) in [4.78, 5) is 3.37. The number of rotatable bonds is 3. The molecule has 0 radical (unpaired) electrons. The first-order valence-electron chi connectivity index (χ1n) is 7.09. The highest BCUT2D eigenvalue weighted by atomic mass is 19.4. The standard InChI is InChI=1S/C16H9F6N3O/c17-15(18,19)14-23-13(24-25-14)10-5-3-4-9(8-10)11-6-1-2-7-12(11)26-16(20,21)22/h1-8H,(H,23,24,25). The SMILES string of the molecule is FC(F)(F)Oc1ccccc1-c1cccc(-c2n[nH]c(C(F)(F)F)n2)c1. The van der Waals surface area contributed by atoms with Gasteiger partial charge in [-0.25, -0.2) is 4.98 Å².